The summed E-state index contributed by atoms with van der Waals surface area (Å²) in [5, 5.41) is 36.2. The molecule has 0 amide bonds. The molecule has 0 fully saturated rings. The minimum Gasteiger partial charge on any atom is -0.481 e. The van der Waals surface area contributed by atoms with Crippen LogP contribution in [-0.2, 0) is 16.0 Å². The maximum Gasteiger partial charge on any atom is 0.307 e. The Hall–Kier alpha value is -1.99. The lowest BCUT2D eigenvalue weighted by molar-refractivity contribution is -0.141. The first kappa shape index (κ1) is 15.1. The van der Waals surface area contributed by atoms with Gasteiger partial charge in [0.2, 0.25) is 0 Å². The summed E-state index contributed by atoms with van der Waals surface area (Å²) in [5.74, 6) is -3.31. The number of benzene rings is 1. The molecule has 4 N–H and O–H groups in total. The summed E-state index contributed by atoms with van der Waals surface area (Å²) in [6.07, 6.45) is -4.52. The number of halogens is 1. The number of carboxylic acids is 2. The van der Waals surface area contributed by atoms with Crippen LogP contribution in [0.25, 0.3) is 0 Å². The second-order valence-corrected chi connectivity index (χ2v) is 4.04. The van der Waals surface area contributed by atoms with E-state index >= 15 is 0 Å². The van der Waals surface area contributed by atoms with E-state index in [9.17, 15) is 24.2 Å². The number of aliphatic hydroxyl groups excluding tert-OH is 2. The van der Waals surface area contributed by atoms with Crippen molar-refractivity contribution in [3.63, 3.8) is 0 Å². The van der Waals surface area contributed by atoms with Gasteiger partial charge < -0.3 is 20.4 Å². The van der Waals surface area contributed by atoms with Gasteiger partial charge in [0.15, 0.2) is 0 Å². The average Bonchev–Trinajstić information content (AvgIpc) is 2.29. The van der Waals surface area contributed by atoms with Crippen molar-refractivity contribution in [1.82, 2.24) is 0 Å². The van der Waals surface area contributed by atoms with Crippen molar-refractivity contribution in [3.05, 3.63) is 35.1 Å². The summed E-state index contributed by atoms with van der Waals surface area (Å²) in [4.78, 5) is 20.9. The molecule has 0 bridgehead atoms. The third-order valence-corrected chi connectivity index (χ3v) is 2.48. The molecule has 2 unspecified atom stereocenters. The van der Waals surface area contributed by atoms with Crippen LogP contribution in [0.2, 0.25) is 0 Å². The van der Waals surface area contributed by atoms with Gasteiger partial charge in [0.05, 0.1) is 18.9 Å². The predicted octanol–water partition coefficient (Wildman–Crippen LogP) is 0.322. The molecule has 0 aromatic heterocycles. The van der Waals surface area contributed by atoms with Gasteiger partial charge in [0, 0.05) is 5.56 Å². The zero-order chi connectivity index (χ0) is 14.6. The van der Waals surface area contributed by atoms with Gasteiger partial charge in [-0.25, -0.2) is 4.39 Å². The van der Waals surface area contributed by atoms with Crippen LogP contribution < -0.4 is 0 Å². The van der Waals surface area contributed by atoms with Crippen molar-refractivity contribution in [1.29, 1.82) is 0 Å². The number of aliphatic hydroxyl groups is 2. The Morgan fingerprint density at radius 2 is 1.79 bits per heavy atom. The minimum absolute atomic E-state index is 0.241. The largest absolute Gasteiger partial charge is 0.481 e. The van der Waals surface area contributed by atoms with E-state index in [1.54, 1.807) is 0 Å². The normalized spacial score (nSPS) is 13.8. The molecular weight excluding hydrogens is 259 g/mol. The molecule has 1 aromatic carbocycles. The number of aliphatic carboxylic acids is 2. The average molecular weight is 272 g/mol. The monoisotopic (exact) mass is 272 g/mol. The van der Waals surface area contributed by atoms with Crippen LogP contribution in [0.15, 0.2) is 18.2 Å². The zero-order valence-electron chi connectivity index (χ0n) is 9.78. The summed E-state index contributed by atoms with van der Waals surface area (Å²) in [6.45, 7) is 0. The first-order valence-corrected chi connectivity index (χ1v) is 5.39. The minimum atomic E-state index is -1.73. The van der Waals surface area contributed by atoms with Gasteiger partial charge in [-0.2, -0.15) is 0 Å². The van der Waals surface area contributed by atoms with Crippen LogP contribution in [0.5, 0.6) is 0 Å². The molecule has 1 rings (SSSR count). The van der Waals surface area contributed by atoms with Crippen molar-refractivity contribution in [2.24, 2.45) is 0 Å². The fraction of sp³-hybridized carbons (Fsp3) is 0.333. The molecule has 0 aliphatic carbocycles. The van der Waals surface area contributed by atoms with E-state index in [1.165, 1.54) is 6.07 Å². The summed E-state index contributed by atoms with van der Waals surface area (Å²) < 4.78 is 13.5. The van der Waals surface area contributed by atoms with Crippen LogP contribution in [-0.4, -0.2) is 38.5 Å². The zero-order valence-corrected chi connectivity index (χ0v) is 9.78. The highest BCUT2D eigenvalue weighted by Crippen LogP contribution is 2.23. The van der Waals surface area contributed by atoms with E-state index in [0.29, 0.717) is 0 Å². The molecule has 0 aliphatic rings. The molecule has 0 spiro atoms. The molecule has 0 radical (unpaired) electrons. The van der Waals surface area contributed by atoms with Gasteiger partial charge in [-0.05, 0) is 17.7 Å². The molecule has 104 valence electrons. The first-order chi connectivity index (χ1) is 8.81. The van der Waals surface area contributed by atoms with E-state index in [2.05, 4.69) is 0 Å². The second-order valence-electron chi connectivity index (χ2n) is 4.04. The second kappa shape index (κ2) is 6.26. The molecule has 0 saturated heterocycles. The number of carbonyl (C=O) groups is 2. The Bertz CT molecular complexity index is 487. The van der Waals surface area contributed by atoms with Crippen LogP contribution >= 0.6 is 0 Å². The van der Waals surface area contributed by atoms with E-state index in [1.807, 2.05) is 0 Å². The highest BCUT2D eigenvalue weighted by atomic mass is 19.1. The number of hydrogen-bond acceptors (Lipinski definition) is 4. The lowest BCUT2D eigenvalue weighted by Crippen LogP contribution is -2.22. The molecule has 2 atom stereocenters. The topological polar surface area (TPSA) is 115 Å². The highest BCUT2D eigenvalue weighted by Gasteiger charge is 2.24. The fourth-order valence-electron chi connectivity index (χ4n) is 1.60. The van der Waals surface area contributed by atoms with E-state index in [0.717, 1.165) is 12.1 Å². The smallest absolute Gasteiger partial charge is 0.307 e. The summed E-state index contributed by atoms with van der Waals surface area (Å²) >= 11 is 0. The maximum atomic E-state index is 13.5. The molecule has 1 aromatic rings. The van der Waals surface area contributed by atoms with Crippen molar-refractivity contribution in [3.8, 4) is 0 Å². The Morgan fingerprint density at radius 1 is 1.16 bits per heavy atom. The number of carboxylic acid groups (broad SMARTS) is 2. The number of rotatable bonds is 6. The Balaban J connectivity index is 2.97. The molecule has 0 heterocycles. The lowest BCUT2D eigenvalue weighted by Gasteiger charge is -2.17. The van der Waals surface area contributed by atoms with Crippen LogP contribution in [0.1, 0.15) is 23.7 Å². The van der Waals surface area contributed by atoms with Gasteiger partial charge in [-0.1, -0.05) is 6.07 Å². The predicted molar refractivity (Wildman–Crippen MR) is 61.0 cm³/mol. The molecule has 7 heteroatoms. The third kappa shape index (κ3) is 4.31. The summed E-state index contributed by atoms with van der Waals surface area (Å²) in [7, 11) is 0. The number of hydrogen-bond donors (Lipinski definition) is 4. The van der Waals surface area contributed by atoms with Crippen LogP contribution in [0.4, 0.5) is 4.39 Å². The van der Waals surface area contributed by atoms with Crippen molar-refractivity contribution < 1.29 is 34.4 Å². The SMILES string of the molecule is O=C(O)Cc1ccc(F)c(C(O)C(O)CC(=O)O)c1. The molecule has 0 aliphatic heterocycles. The Labute approximate surface area is 107 Å². The van der Waals surface area contributed by atoms with Crippen molar-refractivity contribution in [2.75, 3.05) is 0 Å². The van der Waals surface area contributed by atoms with Crippen molar-refractivity contribution in [2.45, 2.75) is 25.0 Å². The van der Waals surface area contributed by atoms with Gasteiger partial charge in [-0.3, -0.25) is 9.59 Å². The van der Waals surface area contributed by atoms with Gasteiger partial charge in [0.25, 0.3) is 0 Å². The van der Waals surface area contributed by atoms with Gasteiger partial charge >= 0.3 is 11.9 Å². The molecular formula is C12H13FO6. The van der Waals surface area contributed by atoms with E-state index in [-0.39, 0.29) is 17.5 Å². The lowest BCUT2D eigenvalue weighted by atomic mass is 9.98. The third-order valence-electron chi connectivity index (χ3n) is 2.48. The van der Waals surface area contributed by atoms with E-state index < -0.39 is 36.4 Å². The molecule has 19 heavy (non-hydrogen) atoms. The van der Waals surface area contributed by atoms with Gasteiger partial charge in [-0.15, -0.1) is 0 Å². The highest BCUT2D eigenvalue weighted by molar-refractivity contribution is 5.70. The van der Waals surface area contributed by atoms with Crippen LogP contribution in [0.3, 0.4) is 0 Å². The molecule has 0 saturated carbocycles. The van der Waals surface area contributed by atoms with Gasteiger partial charge in [0.1, 0.15) is 11.9 Å². The summed E-state index contributed by atoms with van der Waals surface area (Å²) in [5.41, 5.74) is -0.0852. The molecule has 6 nitrogen and oxygen atoms in total. The van der Waals surface area contributed by atoms with E-state index in [4.69, 9.17) is 10.2 Å². The Kier molecular flexibility index (Phi) is 4.96. The quantitative estimate of drug-likeness (QED) is 0.593. The summed E-state index contributed by atoms with van der Waals surface area (Å²) in [6, 6.07) is 3.30. The fourth-order valence-corrected chi connectivity index (χ4v) is 1.60. The van der Waals surface area contributed by atoms with Crippen LogP contribution in [0, 0.1) is 5.82 Å². The standard InChI is InChI=1S/C12H13FO6/c13-8-2-1-6(4-10(15)16)3-7(8)12(19)9(14)5-11(17)18/h1-3,9,12,14,19H,4-5H2,(H,15,16)(H,17,18). The van der Waals surface area contributed by atoms with Crippen molar-refractivity contribution >= 4 is 11.9 Å². The Morgan fingerprint density at radius 3 is 2.32 bits per heavy atom. The maximum absolute atomic E-state index is 13.5. The first-order valence-electron chi connectivity index (χ1n) is 5.39.